The lowest BCUT2D eigenvalue weighted by molar-refractivity contribution is -0.137. The van der Waals surface area contributed by atoms with Crippen LogP contribution in [0, 0.1) is 0 Å². The molecule has 0 saturated carbocycles. The van der Waals surface area contributed by atoms with Crippen LogP contribution >= 0.6 is 0 Å². The number of aliphatic hydroxyl groups is 1. The van der Waals surface area contributed by atoms with Crippen LogP contribution in [0.15, 0.2) is 53.6 Å². The number of hydrogen-bond acceptors (Lipinski definition) is 4. The van der Waals surface area contributed by atoms with Gasteiger partial charge in [-0.15, -0.1) is 0 Å². The molecule has 1 unspecified atom stereocenters. The molecule has 130 valence electrons. The second-order valence-corrected chi connectivity index (χ2v) is 5.90. The van der Waals surface area contributed by atoms with E-state index in [1.54, 1.807) is 12.1 Å². The van der Waals surface area contributed by atoms with Crippen LogP contribution in [-0.2, 0) is 18.3 Å². The summed E-state index contributed by atoms with van der Waals surface area (Å²) < 4.78 is 39.6. The van der Waals surface area contributed by atoms with Crippen LogP contribution in [0.25, 0.3) is 10.9 Å². The molecular formula is C17H14F3N3O2. The number of rotatable bonds is 3. The lowest BCUT2D eigenvalue weighted by atomic mass is 9.94. The summed E-state index contributed by atoms with van der Waals surface area (Å²) in [5, 5.41) is 14.9. The van der Waals surface area contributed by atoms with Crippen LogP contribution in [0.2, 0.25) is 0 Å². The average molecular weight is 349 g/mol. The molecule has 0 spiro atoms. The highest BCUT2D eigenvalue weighted by Crippen LogP contribution is 2.32. The third-order valence-corrected chi connectivity index (χ3v) is 3.89. The minimum Gasteiger partial charge on any atom is -0.384 e. The van der Waals surface area contributed by atoms with Gasteiger partial charge >= 0.3 is 6.18 Å². The maximum Gasteiger partial charge on any atom is 0.416 e. The van der Waals surface area contributed by atoms with E-state index in [1.807, 2.05) is 0 Å². The fourth-order valence-electron chi connectivity index (χ4n) is 2.54. The maximum absolute atomic E-state index is 12.9. The van der Waals surface area contributed by atoms with Gasteiger partial charge in [0.2, 0.25) is 0 Å². The van der Waals surface area contributed by atoms with Crippen molar-refractivity contribution >= 4 is 10.9 Å². The van der Waals surface area contributed by atoms with Gasteiger partial charge in [-0.25, -0.2) is 4.68 Å². The monoisotopic (exact) mass is 349 g/mol. The van der Waals surface area contributed by atoms with E-state index in [0.29, 0.717) is 10.9 Å². The van der Waals surface area contributed by atoms with E-state index in [1.165, 1.54) is 31.5 Å². The SMILES string of the molecule is CC(O)(Cn1ncc2ncccc2c1=O)c1cccc(C(F)(F)F)c1. The summed E-state index contributed by atoms with van der Waals surface area (Å²) in [6.45, 7) is 1.04. The van der Waals surface area contributed by atoms with E-state index >= 15 is 0 Å². The molecule has 0 bridgehead atoms. The molecule has 0 aliphatic rings. The molecule has 1 atom stereocenters. The number of fused-ring (bicyclic) bond motifs is 1. The molecule has 25 heavy (non-hydrogen) atoms. The fourth-order valence-corrected chi connectivity index (χ4v) is 2.54. The van der Waals surface area contributed by atoms with Gasteiger partial charge in [0.05, 0.1) is 29.2 Å². The van der Waals surface area contributed by atoms with Gasteiger partial charge in [0.25, 0.3) is 5.56 Å². The summed E-state index contributed by atoms with van der Waals surface area (Å²) in [5.41, 5.74) is -2.61. The van der Waals surface area contributed by atoms with Crippen molar-refractivity contribution in [2.45, 2.75) is 25.2 Å². The predicted octanol–water partition coefficient (Wildman–Crippen LogP) is 2.72. The molecule has 0 aliphatic carbocycles. The number of alkyl halides is 3. The zero-order valence-corrected chi connectivity index (χ0v) is 13.2. The van der Waals surface area contributed by atoms with Gasteiger partial charge in [-0.05, 0) is 36.8 Å². The van der Waals surface area contributed by atoms with Crippen LogP contribution in [0.5, 0.6) is 0 Å². The minimum absolute atomic E-state index is 0.0438. The lowest BCUT2D eigenvalue weighted by Gasteiger charge is -2.25. The molecule has 0 amide bonds. The van der Waals surface area contributed by atoms with Crippen LogP contribution in [0.3, 0.4) is 0 Å². The van der Waals surface area contributed by atoms with Gasteiger partial charge in [0, 0.05) is 6.20 Å². The predicted molar refractivity (Wildman–Crippen MR) is 84.8 cm³/mol. The van der Waals surface area contributed by atoms with Crippen molar-refractivity contribution in [2.75, 3.05) is 0 Å². The average Bonchev–Trinajstić information content (AvgIpc) is 2.57. The quantitative estimate of drug-likeness (QED) is 0.789. The van der Waals surface area contributed by atoms with E-state index in [0.717, 1.165) is 16.8 Å². The van der Waals surface area contributed by atoms with Crippen LogP contribution in [-0.4, -0.2) is 19.9 Å². The Kier molecular flexibility index (Phi) is 4.08. The zero-order chi connectivity index (χ0) is 18.2. The van der Waals surface area contributed by atoms with Gasteiger partial charge in [0.1, 0.15) is 5.60 Å². The summed E-state index contributed by atoms with van der Waals surface area (Å²) in [5.74, 6) is 0. The van der Waals surface area contributed by atoms with Crippen molar-refractivity contribution in [2.24, 2.45) is 0 Å². The van der Waals surface area contributed by atoms with E-state index in [-0.39, 0.29) is 12.1 Å². The number of hydrogen-bond donors (Lipinski definition) is 1. The summed E-state index contributed by atoms with van der Waals surface area (Å²) >= 11 is 0. The minimum atomic E-state index is -4.52. The molecule has 5 nitrogen and oxygen atoms in total. The Morgan fingerprint density at radius 1 is 1.16 bits per heavy atom. The molecule has 2 heterocycles. The summed E-state index contributed by atoms with van der Waals surface area (Å²) in [4.78, 5) is 16.4. The Balaban J connectivity index is 2.00. The highest BCUT2D eigenvalue weighted by Gasteiger charge is 2.33. The number of aromatic nitrogens is 3. The molecule has 1 N–H and O–H groups in total. The lowest BCUT2D eigenvalue weighted by Crippen LogP contribution is -2.35. The molecule has 0 radical (unpaired) electrons. The molecule has 3 aromatic rings. The van der Waals surface area contributed by atoms with Crippen molar-refractivity contribution < 1.29 is 18.3 Å². The molecular weight excluding hydrogens is 335 g/mol. The molecule has 1 aromatic carbocycles. The van der Waals surface area contributed by atoms with Gasteiger partial charge in [0.15, 0.2) is 0 Å². The van der Waals surface area contributed by atoms with Crippen LogP contribution in [0.1, 0.15) is 18.1 Å². The third kappa shape index (κ3) is 3.39. The number of nitrogens with zero attached hydrogens (tertiary/aromatic N) is 3. The second kappa shape index (κ2) is 5.96. The molecule has 8 heteroatoms. The second-order valence-electron chi connectivity index (χ2n) is 5.90. The Morgan fingerprint density at radius 3 is 2.60 bits per heavy atom. The topological polar surface area (TPSA) is 68.0 Å². The Hall–Kier alpha value is -2.74. The number of benzene rings is 1. The van der Waals surface area contributed by atoms with E-state index in [4.69, 9.17) is 0 Å². The van der Waals surface area contributed by atoms with Crippen molar-refractivity contribution in [3.63, 3.8) is 0 Å². The first-order chi connectivity index (χ1) is 11.7. The van der Waals surface area contributed by atoms with Crippen molar-refractivity contribution in [1.29, 1.82) is 0 Å². The summed E-state index contributed by atoms with van der Waals surface area (Å²) in [7, 11) is 0. The first-order valence-electron chi connectivity index (χ1n) is 7.39. The highest BCUT2D eigenvalue weighted by molar-refractivity contribution is 5.75. The Bertz CT molecular complexity index is 981. The van der Waals surface area contributed by atoms with E-state index in [9.17, 15) is 23.1 Å². The van der Waals surface area contributed by atoms with E-state index < -0.39 is 22.9 Å². The van der Waals surface area contributed by atoms with Gasteiger partial charge in [-0.1, -0.05) is 12.1 Å². The van der Waals surface area contributed by atoms with Crippen LogP contribution < -0.4 is 5.56 Å². The van der Waals surface area contributed by atoms with Gasteiger partial charge in [-0.2, -0.15) is 18.3 Å². The smallest absolute Gasteiger partial charge is 0.384 e. The van der Waals surface area contributed by atoms with Crippen LogP contribution in [0.4, 0.5) is 13.2 Å². The molecule has 0 fully saturated rings. The normalized spacial score (nSPS) is 14.4. The number of halogens is 3. The standard InChI is InChI=1S/C17H14F3N3O2/c1-16(25,11-4-2-5-12(8-11)17(18,19)20)10-23-15(24)13-6-3-7-21-14(13)9-22-23/h2-9,25H,10H2,1H3. The Morgan fingerprint density at radius 2 is 1.88 bits per heavy atom. The largest absolute Gasteiger partial charge is 0.416 e. The van der Waals surface area contributed by atoms with E-state index in [2.05, 4.69) is 10.1 Å². The van der Waals surface area contributed by atoms with Crippen molar-refractivity contribution in [3.8, 4) is 0 Å². The molecule has 3 rings (SSSR count). The molecule has 2 aromatic heterocycles. The molecule has 0 aliphatic heterocycles. The first kappa shape index (κ1) is 17.1. The fraction of sp³-hybridized carbons (Fsp3) is 0.235. The Labute approximate surface area is 140 Å². The van der Waals surface area contributed by atoms with Crippen molar-refractivity contribution in [3.05, 3.63) is 70.3 Å². The third-order valence-electron chi connectivity index (χ3n) is 3.89. The zero-order valence-electron chi connectivity index (χ0n) is 13.2. The summed E-state index contributed by atoms with van der Waals surface area (Å²) in [6, 6.07) is 7.55. The maximum atomic E-state index is 12.9. The first-order valence-corrected chi connectivity index (χ1v) is 7.39. The summed E-state index contributed by atoms with van der Waals surface area (Å²) in [6.07, 6.45) is -1.62. The highest BCUT2D eigenvalue weighted by atomic mass is 19.4. The van der Waals surface area contributed by atoms with Crippen molar-refractivity contribution in [1.82, 2.24) is 14.8 Å². The van der Waals surface area contributed by atoms with Gasteiger partial charge < -0.3 is 5.11 Å². The number of pyridine rings is 1. The van der Waals surface area contributed by atoms with Gasteiger partial charge in [-0.3, -0.25) is 9.78 Å². The molecule has 0 saturated heterocycles.